The van der Waals surface area contributed by atoms with Crippen LogP contribution < -0.4 is 5.32 Å². The Hall–Kier alpha value is -3.88. The summed E-state index contributed by atoms with van der Waals surface area (Å²) in [4.78, 5) is 41.8. The number of thioether (sulfide) groups is 1. The van der Waals surface area contributed by atoms with E-state index in [1.54, 1.807) is 11.8 Å². The number of carbonyl (C=O) groups is 3. The van der Waals surface area contributed by atoms with Gasteiger partial charge < -0.3 is 14.8 Å². The minimum Gasteiger partial charge on any atom is -0.448 e. The average molecular weight is 555 g/mol. The number of fused-ring (bicyclic) bond motifs is 1. The van der Waals surface area contributed by atoms with Gasteiger partial charge in [-0.2, -0.15) is 0 Å². The maximum absolute atomic E-state index is 14.0. The van der Waals surface area contributed by atoms with Crippen LogP contribution >= 0.6 is 11.8 Å². The van der Waals surface area contributed by atoms with E-state index < -0.39 is 18.1 Å². The monoisotopic (exact) mass is 554 g/mol. The predicted octanol–water partition coefficient (Wildman–Crippen LogP) is 4.39. The topological polar surface area (TPSA) is 84.9 Å². The fourth-order valence-electron chi connectivity index (χ4n) is 5.48. The number of nitrogens with one attached hydrogen (secondary N) is 1. The molecular weight excluding hydrogens is 524 g/mol. The SMILES string of the molecule is O=C(Cc1ccccc1)N[C@@H]1C(=O)N2C(C(=O)OC(c3ccccc3)c3ccccc3)=C(C3CCCO3)CS[C@H]12. The maximum atomic E-state index is 14.0. The molecule has 3 aliphatic heterocycles. The van der Waals surface area contributed by atoms with Crippen molar-refractivity contribution in [3.8, 4) is 0 Å². The molecule has 3 aromatic carbocycles. The number of benzene rings is 3. The summed E-state index contributed by atoms with van der Waals surface area (Å²) in [5.74, 6) is -0.570. The van der Waals surface area contributed by atoms with Crippen molar-refractivity contribution < 1.29 is 23.9 Å². The van der Waals surface area contributed by atoms with E-state index in [0.717, 1.165) is 35.1 Å². The van der Waals surface area contributed by atoms with E-state index in [1.807, 2.05) is 91.0 Å². The molecule has 0 spiro atoms. The van der Waals surface area contributed by atoms with Gasteiger partial charge in [0.1, 0.15) is 17.1 Å². The summed E-state index contributed by atoms with van der Waals surface area (Å²) >= 11 is 1.55. The third kappa shape index (κ3) is 5.29. The summed E-state index contributed by atoms with van der Waals surface area (Å²) in [6.07, 6.45) is 0.996. The quantitative estimate of drug-likeness (QED) is 0.328. The highest BCUT2D eigenvalue weighted by molar-refractivity contribution is 8.00. The zero-order valence-corrected chi connectivity index (χ0v) is 22.7. The third-order valence-electron chi connectivity index (χ3n) is 7.46. The fraction of sp³-hybridized carbons (Fsp3) is 0.281. The molecule has 2 fully saturated rings. The molecule has 1 N–H and O–H groups in total. The Labute approximate surface area is 237 Å². The van der Waals surface area contributed by atoms with Crippen LogP contribution in [0.25, 0.3) is 0 Å². The zero-order chi connectivity index (χ0) is 27.5. The first-order chi connectivity index (χ1) is 19.6. The van der Waals surface area contributed by atoms with Gasteiger partial charge in [-0.3, -0.25) is 14.5 Å². The van der Waals surface area contributed by atoms with Crippen molar-refractivity contribution >= 4 is 29.5 Å². The number of hydrogen-bond acceptors (Lipinski definition) is 6. The summed E-state index contributed by atoms with van der Waals surface area (Å²) < 4.78 is 12.2. The number of nitrogens with zero attached hydrogens (tertiary/aromatic N) is 1. The second-order valence-corrected chi connectivity index (χ2v) is 11.2. The molecule has 3 atom stereocenters. The van der Waals surface area contributed by atoms with Crippen molar-refractivity contribution in [1.29, 1.82) is 0 Å². The van der Waals surface area contributed by atoms with Crippen LogP contribution in [0.15, 0.2) is 102 Å². The van der Waals surface area contributed by atoms with Gasteiger partial charge in [0, 0.05) is 12.4 Å². The number of ether oxygens (including phenoxy) is 2. The van der Waals surface area contributed by atoms with Crippen molar-refractivity contribution in [1.82, 2.24) is 10.2 Å². The molecule has 0 aromatic heterocycles. The molecule has 3 aromatic rings. The summed E-state index contributed by atoms with van der Waals surface area (Å²) in [6, 6.07) is 27.9. The van der Waals surface area contributed by atoms with E-state index in [1.165, 1.54) is 4.90 Å². The van der Waals surface area contributed by atoms with Gasteiger partial charge in [-0.25, -0.2) is 4.79 Å². The van der Waals surface area contributed by atoms with Gasteiger partial charge in [-0.05, 0) is 35.1 Å². The van der Waals surface area contributed by atoms with E-state index in [2.05, 4.69) is 5.32 Å². The molecule has 40 heavy (non-hydrogen) atoms. The number of esters is 1. The molecule has 3 aliphatic rings. The van der Waals surface area contributed by atoms with E-state index >= 15 is 0 Å². The second-order valence-electron chi connectivity index (χ2n) is 10.1. The second kappa shape index (κ2) is 11.7. The molecule has 0 bridgehead atoms. The maximum Gasteiger partial charge on any atom is 0.356 e. The highest BCUT2D eigenvalue weighted by Gasteiger charge is 2.55. The highest BCUT2D eigenvalue weighted by Crippen LogP contribution is 2.44. The van der Waals surface area contributed by atoms with Crippen molar-refractivity contribution in [3.63, 3.8) is 0 Å². The summed E-state index contributed by atoms with van der Waals surface area (Å²) in [6.45, 7) is 0.618. The molecule has 0 aliphatic carbocycles. The van der Waals surface area contributed by atoms with Gasteiger partial charge in [0.2, 0.25) is 5.91 Å². The van der Waals surface area contributed by atoms with Crippen LogP contribution in [0.1, 0.15) is 35.6 Å². The first-order valence-corrected chi connectivity index (χ1v) is 14.6. The van der Waals surface area contributed by atoms with Crippen LogP contribution in [0, 0.1) is 0 Å². The van der Waals surface area contributed by atoms with Crippen LogP contribution in [0.2, 0.25) is 0 Å². The van der Waals surface area contributed by atoms with Gasteiger partial charge in [0.25, 0.3) is 5.91 Å². The van der Waals surface area contributed by atoms with Crippen molar-refractivity contribution in [2.24, 2.45) is 0 Å². The summed E-state index contributed by atoms with van der Waals surface area (Å²) in [7, 11) is 0. The smallest absolute Gasteiger partial charge is 0.356 e. The normalized spacial score (nSPS) is 22.1. The van der Waals surface area contributed by atoms with Gasteiger partial charge in [-0.1, -0.05) is 91.0 Å². The van der Waals surface area contributed by atoms with Gasteiger partial charge >= 0.3 is 5.97 Å². The van der Waals surface area contributed by atoms with Crippen molar-refractivity contribution in [2.45, 2.75) is 42.9 Å². The number of rotatable bonds is 8. The minimum absolute atomic E-state index is 0.184. The Kier molecular flexibility index (Phi) is 7.71. The highest BCUT2D eigenvalue weighted by atomic mass is 32.2. The lowest BCUT2D eigenvalue weighted by Crippen LogP contribution is -2.71. The summed E-state index contributed by atoms with van der Waals surface area (Å²) in [5, 5.41) is 2.51. The molecule has 0 radical (unpaired) electrons. The van der Waals surface area contributed by atoms with E-state index in [-0.39, 0.29) is 35.4 Å². The average Bonchev–Trinajstić information content (AvgIpc) is 3.54. The molecule has 7 nitrogen and oxygen atoms in total. The molecule has 8 heteroatoms. The lowest BCUT2D eigenvalue weighted by molar-refractivity contribution is -0.154. The number of amides is 2. The third-order valence-corrected chi connectivity index (χ3v) is 8.77. The lowest BCUT2D eigenvalue weighted by Gasteiger charge is -2.50. The molecule has 204 valence electrons. The van der Waals surface area contributed by atoms with Crippen LogP contribution in [-0.2, 0) is 30.3 Å². The largest absolute Gasteiger partial charge is 0.448 e. The number of carbonyl (C=O) groups excluding carboxylic acids is 3. The standard InChI is InChI=1S/C32H30N2O5S/c35-26(19-21-11-4-1-5-12-21)33-27-30(36)34-28(24(20-40-31(27)34)25-17-10-18-38-25)32(37)39-29(22-13-6-2-7-14-22)23-15-8-3-9-16-23/h1-9,11-16,25,27,29,31H,10,17-20H2,(H,33,35)/t25?,27-,31-/m1/s1. The Morgan fingerprint density at radius 3 is 2.17 bits per heavy atom. The number of β-lactam (4-membered cyclic amide) rings is 1. The zero-order valence-electron chi connectivity index (χ0n) is 21.9. The molecule has 2 saturated heterocycles. The van der Waals surface area contributed by atoms with E-state index in [9.17, 15) is 14.4 Å². The first kappa shape index (κ1) is 26.3. The van der Waals surface area contributed by atoms with Gasteiger partial charge in [0.15, 0.2) is 6.10 Å². The van der Waals surface area contributed by atoms with Crippen molar-refractivity contribution in [2.75, 3.05) is 12.4 Å². The molecule has 6 rings (SSSR count). The van der Waals surface area contributed by atoms with Gasteiger partial charge in [-0.15, -0.1) is 11.8 Å². The van der Waals surface area contributed by atoms with Crippen LogP contribution in [0.4, 0.5) is 0 Å². The molecule has 1 unspecified atom stereocenters. The van der Waals surface area contributed by atoms with Crippen LogP contribution in [-0.4, -0.2) is 52.6 Å². The lowest BCUT2D eigenvalue weighted by atomic mass is 9.98. The van der Waals surface area contributed by atoms with E-state index in [4.69, 9.17) is 9.47 Å². The van der Waals surface area contributed by atoms with Gasteiger partial charge in [0.05, 0.1) is 12.5 Å². The molecule has 2 amide bonds. The molecular formula is C32H30N2O5S. The summed E-state index contributed by atoms with van der Waals surface area (Å²) in [5.41, 5.74) is 3.59. The predicted molar refractivity (Wildman–Crippen MR) is 152 cm³/mol. The molecule has 3 heterocycles. The number of hydrogen-bond donors (Lipinski definition) is 1. The van der Waals surface area contributed by atoms with E-state index in [0.29, 0.717) is 12.4 Å². The van der Waals surface area contributed by atoms with Crippen LogP contribution in [0.5, 0.6) is 0 Å². The Morgan fingerprint density at radius 1 is 0.950 bits per heavy atom. The Morgan fingerprint density at radius 2 is 1.57 bits per heavy atom. The Balaban J connectivity index is 1.26. The van der Waals surface area contributed by atoms with Crippen LogP contribution in [0.3, 0.4) is 0 Å². The molecule has 0 saturated carbocycles. The Bertz CT molecular complexity index is 1370. The van der Waals surface area contributed by atoms with Crippen molar-refractivity contribution in [3.05, 3.63) is 119 Å². The fourth-order valence-corrected chi connectivity index (χ4v) is 6.89. The minimum atomic E-state index is -0.700. The first-order valence-electron chi connectivity index (χ1n) is 13.5.